The highest BCUT2D eigenvalue weighted by atomic mass is 127. The van der Waals surface area contributed by atoms with E-state index >= 15 is 0 Å². The average Bonchev–Trinajstić information content (AvgIpc) is 2.72. The van der Waals surface area contributed by atoms with Gasteiger partial charge in [-0.25, -0.2) is 9.59 Å². The number of aromatic carboxylic acids is 2. The first-order valence-corrected chi connectivity index (χ1v) is 10.6. The molecule has 8 heteroatoms. The van der Waals surface area contributed by atoms with Crippen LogP contribution < -0.4 is 0 Å². The number of carboxylic acid groups (broad SMARTS) is 2. The van der Waals surface area contributed by atoms with Gasteiger partial charge in [-0.15, -0.1) is 0 Å². The van der Waals surface area contributed by atoms with Crippen molar-refractivity contribution in [3.8, 4) is 0 Å². The van der Waals surface area contributed by atoms with E-state index in [1.54, 1.807) is 48.5 Å². The van der Waals surface area contributed by atoms with Gasteiger partial charge in [0.15, 0.2) is 11.6 Å². The van der Waals surface area contributed by atoms with Crippen molar-refractivity contribution in [1.82, 2.24) is 0 Å². The van der Waals surface area contributed by atoms with Crippen LogP contribution in [0.2, 0.25) is 0 Å². The summed E-state index contributed by atoms with van der Waals surface area (Å²) in [5.74, 6) is -4.14. The second-order valence-corrected chi connectivity index (χ2v) is 8.72. The van der Waals surface area contributed by atoms with E-state index in [4.69, 9.17) is 0 Å². The molecule has 30 heavy (non-hydrogen) atoms. The molecular formula is C22H12I2O6. The third kappa shape index (κ3) is 4.59. The molecule has 0 radical (unpaired) electrons. The molecule has 0 bridgehead atoms. The van der Waals surface area contributed by atoms with Crippen molar-refractivity contribution < 1.29 is 29.4 Å². The minimum atomic E-state index is -1.46. The first-order chi connectivity index (χ1) is 14.2. The molecule has 0 aliphatic carbocycles. The number of carbonyl (C=O) groups excluding carboxylic acids is 2. The van der Waals surface area contributed by atoms with Crippen LogP contribution in [0.1, 0.15) is 52.6 Å². The van der Waals surface area contributed by atoms with Gasteiger partial charge in [-0.05, 0) is 106 Å². The van der Waals surface area contributed by atoms with E-state index in [2.05, 4.69) is 45.2 Å². The fourth-order valence-electron chi connectivity index (χ4n) is 2.84. The van der Waals surface area contributed by atoms with Gasteiger partial charge >= 0.3 is 11.9 Å². The molecule has 3 rings (SSSR count). The van der Waals surface area contributed by atoms with Crippen molar-refractivity contribution in [3.05, 3.63) is 101 Å². The summed E-state index contributed by atoms with van der Waals surface area (Å²) >= 11 is 4.14. The Bertz CT molecular complexity index is 1090. The molecule has 150 valence electrons. The number of benzene rings is 3. The molecule has 0 unspecified atom stereocenters. The lowest BCUT2D eigenvalue weighted by Crippen LogP contribution is -2.17. The standard InChI is InChI=1S/C22H12I2O6/c23-13-5-1-11(2-6-13)19(25)15-9-16(18(22(29)30)10-17(15)21(27)28)20(26)12-3-7-14(24)8-4-12/h1-10H,(H,27,28)(H,29,30). The largest absolute Gasteiger partial charge is 0.478 e. The van der Waals surface area contributed by atoms with Gasteiger partial charge in [-0.2, -0.15) is 0 Å². The van der Waals surface area contributed by atoms with E-state index in [0.717, 1.165) is 19.3 Å². The van der Waals surface area contributed by atoms with Crippen LogP contribution in [0.25, 0.3) is 0 Å². The number of halogens is 2. The Balaban J connectivity index is 2.22. The Labute approximate surface area is 198 Å². The molecule has 0 amide bonds. The summed E-state index contributed by atoms with van der Waals surface area (Å²) < 4.78 is 1.77. The zero-order valence-corrected chi connectivity index (χ0v) is 19.4. The summed E-state index contributed by atoms with van der Waals surface area (Å²) in [4.78, 5) is 49.5. The molecule has 0 aliphatic heterocycles. The van der Waals surface area contributed by atoms with Gasteiger partial charge in [-0.3, -0.25) is 9.59 Å². The maximum atomic E-state index is 13.0. The van der Waals surface area contributed by atoms with Crippen LogP contribution in [0, 0.1) is 7.14 Å². The molecule has 0 saturated heterocycles. The Morgan fingerprint density at radius 2 is 0.833 bits per heavy atom. The fourth-order valence-corrected chi connectivity index (χ4v) is 3.56. The Kier molecular flexibility index (Phi) is 6.66. The van der Waals surface area contributed by atoms with Crippen LogP contribution in [0.4, 0.5) is 0 Å². The van der Waals surface area contributed by atoms with E-state index in [1.807, 2.05) is 0 Å². The summed E-state index contributed by atoms with van der Waals surface area (Å²) in [6, 6.07) is 14.9. The second-order valence-electron chi connectivity index (χ2n) is 6.23. The Morgan fingerprint density at radius 3 is 1.13 bits per heavy atom. The number of hydrogen-bond acceptors (Lipinski definition) is 4. The van der Waals surface area contributed by atoms with Gasteiger partial charge in [0.1, 0.15) is 0 Å². The van der Waals surface area contributed by atoms with Crippen molar-refractivity contribution in [1.29, 1.82) is 0 Å². The van der Waals surface area contributed by atoms with E-state index in [1.165, 1.54) is 0 Å². The number of rotatable bonds is 6. The molecule has 0 fully saturated rings. The summed E-state index contributed by atoms with van der Waals surface area (Å²) in [6.07, 6.45) is 0. The van der Waals surface area contributed by atoms with Crippen molar-refractivity contribution in [3.63, 3.8) is 0 Å². The molecule has 0 spiro atoms. The maximum Gasteiger partial charge on any atom is 0.336 e. The molecule has 6 nitrogen and oxygen atoms in total. The van der Waals surface area contributed by atoms with Gasteiger partial charge in [-0.1, -0.05) is 0 Å². The lowest BCUT2D eigenvalue weighted by atomic mass is 9.90. The molecular weight excluding hydrogens is 614 g/mol. The second kappa shape index (κ2) is 9.04. The van der Waals surface area contributed by atoms with Gasteiger partial charge in [0.2, 0.25) is 0 Å². The van der Waals surface area contributed by atoms with Crippen molar-refractivity contribution in [2.75, 3.05) is 0 Å². The van der Waals surface area contributed by atoms with E-state index in [0.29, 0.717) is 0 Å². The van der Waals surface area contributed by atoms with Gasteiger partial charge in [0, 0.05) is 29.4 Å². The van der Waals surface area contributed by atoms with Crippen molar-refractivity contribution >= 4 is 68.7 Å². The summed E-state index contributed by atoms with van der Waals surface area (Å²) in [5.41, 5.74) is -0.988. The molecule has 0 aliphatic rings. The van der Waals surface area contributed by atoms with Gasteiger partial charge in [0.25, 0.3) is 0 Å². The Hall–Kier alpha value is -2.60. The lowest BCUT2D eigenvalue weighted by molar-refractivity contribution is 0.0690. The first-order valence-electron chi connectivity index (χ1n) is 8.44. The predicted molar refractivity (Wildman–Crippen MR) is 126 cm³/mol. The normalized spacial score (nSPS) is 10.5. The fraction of sp³-hybridized carbons (Fsp3) is 0. The highest BCUT2D eigenvalue weighted by molar-refractivity contribution is 14.1. The lowest BCUT2D eigenvalue weighted by Gasteiger charge is -2.12. The maximum absolute atomic E-state index is 13.0. The van der Waals surface area contributed by atoms with Gasteiger partial charge < -0.3 is 10.2 Å². The molecule has 2 N–H and O–H groups in total. The minimum Gasteiger partial charge on any atom is -0.478 e. The Morgan fingerprint density at radius 1 is 0.533 bits per heavy atom. The highest BCUT2D eigenvalue weighted by Crippen LogP contribution is 2.24. The topological polar surface area (TPSA) is 109 Å². The molecule has 0 saturated carbocycles. The van der Waals surface area contributed by atoms with Crippen LogP contribution in [0.5, 0.6) is 0 Å². The number of carbonyl (C=O) groups is 4. The zero-order chi connectivity index (χ0) is 22.0. The van der Waals surface area contributed by atoms with Crippen LogP contribution in [-0.2, 0) is 0 Å². The van der Waals surface area contributed by atoms with E-state index in [-0.39, 0.29) is 22.3 Å². The summed E-state index contributed by atoms with van der Waals surface area (Å²) in [7, 11) is 0. The molecule has 0 atom stereocenters. The summed E-state index contributed by atoms with van der Waals surface area (Å²) in [5, 5.41) is 19.1. The predicted octanol–water partition coefficient (Wildman–Crippen LogP) is 4.75. The smallest absolute Gasteiger partial charge is 0.336 e. The highest BCUT2D eigenvalue weighted by Gasteiger charge is 2.26. The monoisotopic (exact) mass is 626 g/mol. The van der Waals surface area contributed by atoms with Crippen LogP contribution in [-0.4, -0.2) is 33.7 Å². The summed E-state index contributed by atoms with van der Waals surface area (Å²) in [6.45, 7) is 0. The van der Waals surface area contributed by atoms with Gasteiger partial charge in [0.05, 0.1) is 11.1 Å². The quantitative estimate of drug-likeness (QED) is 0.302. The molecule has 3 aromatic carbocycles. The molecule has 0 aromatic heterocycles. The number of hydrogen-bond donors (Lipinski definition) is 2. The van der Waals surface area contributed by atoms with Crippen molar-refractivity contribution in [2.24, 2.45) is 0 Å². The SMILES string of the molecule is O=C(O)c1cc(C(=O)O)c(C(=O)c2ccc(I)cc2)cc1C(=O)c1ccc(I)cc1. The third-order valence-corrected chi connectivity index (χ3v) is 5.76. The first kappa shape index (κ1) is 22.1. The minimum absolute atomic E-state index is 0.230. The van der Waals surface area contributed by atoms with Crippen LogP contribution in [0.3, 0.4) is 0 Å². The van der Waals surface area contributed by atoms with E-state index < -0.39 is 34.6 Å². The van der Waals surface area contributed by atoms with E-state index in [9.17, 15) is 29.4 Å². The van der Waals surface area contributed by atoms with Crippen LogP contribution in [0.15, 0.2) is 60.7 Å². The zero-order valence-electron chi connectivity index (χ0n) is 15.1. The molecule has 0 heterocycles. The number of ketones is 2. The molecule has 3 aromatic rings. The third-order valence-electron chi connectivity index (χ3n) is 4.32. The average molecular weight is 626 g/mol. The van der Waals surface area contributed by atoms with Crippen LogP contribution >= 0.6 is 45.2 Å². The van der Waals surface area contributed by atoms with Crippen molar-refractivity contribution in [2.45, 2.75) is 0 Å². The number of carboxylic acids is 2.